The topological polar surface area (TPSA) is 66.6 Å². The van der Waals surface area contributed by atoms with Crippen LogP contribution in [0, 0.1) is 0 Å². The fourth-order valence-corrected chi connectivity index (χ4v) is 3.35. The molecule has 0 aromatic rings. The van der Waals surface area contributed by atoms with Crippen molar-refractivity contribution in [3.8, 4) is 0 Å². The second kappa shape index (κ2) is 8.85. The Hall–Kier alpha value is -0.170. The van der Waals surface area contributed by atoms with Crippen LogP contribution < -0.4 is 5.73 Å². The lowest BCUT2D eigenvalue weighted by molar-refractivity contribution is 0.285. The highest BCUT2D eigenvalue weighted by Crippen LogP contribution is 2.09. The van der Waals surface area contributed by atoms with Crippen molar-refractivity contribution < 1.29 is 8.42 Å². The third kappa shape index (κ3) is 5.22. The van der Waals surface area contributed by atoms with Gasteiger partial charge in [0.05, 0.1) is 5.25 Å². The van der Waals surface area contributed by atoms with Gasteiger partial charge >= 0.3 is 0 Å². The first-order valence-electron chi connectivity index (χ1n) is 6.85. The lowest BCUT2D eigenvalue weighted by Crippen LogP contribution is -2.42. The summed E-state index contributed by atoms with van der Waals surface area (Å²) in [5.74, 6) is 0. The van der Waals surface area contributed by atoms with Gasteiger partial charge in [-0.1, -0.05) is 20.8 Å². The Labute approximate surface area is 112 Å². The number of nitrogens with two attached hydrogens (primary N) is 1. The Balaban J connectivity index is 4.36. The van der Waals surface area contributed by atoms with Crippen molar-refractivity contribution in [1.82, 2.24) is 9.21 Å². The number of sulfonamides is 1. The van der Waals surface area contributed by atoms with Gasteiger partial charge in [-0.05, 0) is 33.0 Å². The lowest BCUT2D eigenvalue weighted by atomic mass is 10.3. The van der Waals surface area contributed by atoms with Gasteiger partial charge in [-0.2, -0.15) is 0 Å². The van der Waals surface area contributed by atoms with Gasteiger partial charge in [0, 0.05) is 19.6 Å². The minimum Gasteiger partial charge on any atom is -0.329 e. The molecule has 0 spiro atoms. The van der Waals surface area contributed by atoms with Gasteiger partial charge in [0.1, 0.15) is 0 Å². The molecule has 0 radical (unpaired) electrons. The van der Waals surface area contributed by atoms with Crippen molar-refractivity contribution >= 4 is 10.0 Å². The summed E-state index contributed by atoms with van der Waals surface area (Å²) in [6.45, 7) is 12.0. The molecule has 0 rings (SSSR count). The van der Waals surface area contributed by atoms with Gasteiger partial charge in [-0.15, -0.1) is 0 Å². The minimum atomic E-state index is -3.22. The normalized spacial score (nSPS) is 14.4. The molecule has 0 amide bonds. The Morgan fingerprint density at radius 2 is 1.61 bits per heavy atom. The molecule has 0 saturated carbocycles. The summed E-state index contributed by atoms with van der Waals surface area (Å²) in [5, 5.41) is -0.495. The smallest absolute Gasteiger partial charge is 0.217 e. The first kappa shape index (κ1) is 17.8. The molecule has 18 heavy (non-hydrogen) atoms. The van der Waals surface area contributed by atoms with Gasteiger partial charge in [-0.25, -0.2) is 12.7 Å². The van der Waals surface area contributed by atoms with Gasteiger partial charge in [0.2, 0.25) is 10.0 Å². The minimum absolute atomic E-state index is 0.175. The van der Waals surface area contributed by atoms with E-state index in [2.05, 4.69) is 18.7 Å². The molecular formula is C12H29N3O2S. The largest absolute Gasteiger partial charge is 0.329 e. The van der Waals surface area contributed by atoms with E-state index in [1.165, 1.54) is 0 Å². The zero-order valence-electron chi connectivity index (χ0n) is 12.2. The molecule has 6 heteroatoms. The molecule has 110 valence electrons. The van der Waals surface area contributed by atoms with Crippen LogP contribution in [0.1, 0.15) is 34.1 Å². The zero-order valence-corrected chi connectivity index (χ0v) is 13.0. The maximum absolute atomic E-state index is 12.1. The molecule has 0 aliphatic rings. The summed E-state index contributed by atoms with van der Waals surface area (Å²) >= 11 is 0. The van der Waals surface area contributed by atoms with E-state index < -0.39 is 15.3 Å². The van der Waals surface area contributed by atoms with Crippen LogP contribution >= 0.6 is 0 Å². The summed E-state index contributed by atoms with van der Waals surface area (Å²) in [4.78, 5) is 2.30. The third-order valence-corrected chi connectivity index (χ3v) is 5.70. The number of hydrogen-bond acceptors (Lipinski definition) is 4. The Bertz CT molecular complexity index is 302. The highest BCUT2D eigenvalue weighted by Gasteiger charge is 2.26. The molecule has 0 aromatic carbocycles. The monoisotopic (exact) mass is 279 g/mol. The number of hydrogen-bond donors (Lipinski definition) is 1. The molecule has 1 atom stereocenters. The van der Waals surface area contributed by atoms with Crippen LogP contribution in [0.3, 0.4) is 0 Å². The maximum Gasteiger partial charge on any atom is 0.217 e. The fourth-order valence-electron chi connectivity index (χ4n) is 1.85. The van der Waals surface area contributed by atoms with E-state index in [1.807, 2.05) is 6.92 Å². The van der Waals surface area contributed by atoms with Gasteiger partial charge < -0.3 is 10.6 Å². The highest BCUT2D eigenvalue weighted by atomic mass is 32.2. The van der Waals surface area contributed by atoms with Crippen molar-refractivity contribution in [3.05, 3.63) is 0 Å². The molecule has 5 nitrogen and oxygen atoms in total. The van der Waals surface area contributed by atoms with E-state index in [9.17, 15) is 8.42 Å². The summed E-state index contributed by atoms with van der Waals surface area (Å²) in [6, 6.07) is 0. The molecule has 0 aliphatic carbocycles. The van der Waals surface area contributed by atoms with Crippen LogP contribution in [0.15, 0.2) is 0 Å². The average Bonchev–Trinajstić information content (AvgIpc) is 2.37. The van der Waals surface area contributed by atoms with Crippen LogP contribution in [-0.4, -0.2) is 62.1 Å². The van der Waals surface area contributed by atoms with Crippen molar-refractivity contribution in [1.29, 1.82) is 0 Å². The third-order valence-electron chi connectivity index (χ3n) is 3.33. The van der Waals surface area contributed by atoms with Crippen molar-refractivity contribution in [2.45, 2.75) is 39.4 Å². The SMILES string of the molecule is CCN(CC)CCCN(CC)S(=O)(=O)C(C)CN. The average molecular weight is 279 g/mol. The van der Waals surface area contributed by atoms with Crippen LogP contribution in [0.5, 0.6) is 0 Å². The molecule has 0 bridgehead atoms. The van der Waals surface area contributed by atoms with E-state index in [0.717, 1.165) is 26.1 Å². The van der Waals surface area contributed by atoms with Crippen molar-refractivity contribution in [2.24, 2.45) is 5.73 Å². The molecule has 0 aliphatic heterocycles. The first-order valence-corrected chi connectivity index (χ1v) is 8.35. The number of nitrogens with zero attached hydrogens (tertiary/aromatic N) is 2. The zero-order chi connectivity index (χ0) is 14.2. The predicted octanol–water partition coefficient (Wildman–Crippen LogP) is 0.717. The molecule has 0 heterocycles. The molecule has 0 aromatic heterocycles. The molecule has 2 N–H and O–H groups in total. The lowest BCUT2D eigenvalue weighted by Gasteiger charge is -2.25. The van der Waals surface area contributed by atoms with E-state index in [4.69, 9.17) is 5.73 Å². The first-order chi connectivity index (χ1) is 8.43. The predicted molar refractivity (Wildman–Crippen MR) is 77.1 cm³/mol. The highest BCUT2D eigenvalue weighted by molar-refractivity contribution is 7.89. The summed E-state index contributed by atoms with van der Waals surface area (Å²) in [5.41, 5.74) is 5.46. The van der Waals surface area contributed by atoms with Crippen LogP contribution in [0.25, 0.3) is 0 Å². The van der Waals surface area contributed by atoms with Crippen LogP contribution in [-0.2, 0) is 10.0 Å². The van der Waals surface area contributed by atoms with Crippen molar-refractivity contribution in [3.63, 3.8) is 0 Å². The molecule has 0 saturated heterocycles. The van der Waals surface area contributed by atoms with Crippen molar-refractivity contribution in [2.75, 3.05) is 39.3 Å². The molecular weight excluding hydrogens is 250 g/mol. The van der Waals surface area contributed by atoms with E-state index in [0.29, 0.717) is 13.1 Å². The van der Waals surface area contributed by atoms with E-state index in [1.54, 1.807) is 11.2 Å². The Morgan fingerprint density at radius 3 is 2.00 bits per heavy atom. The second-order valence-electron chi connectivity index (χ2n) is 4.46. The standard InChI is InChI=1S/C12H29N3O2S/c1-5-14(6-2)9-8-10-15(7-3)18(16,17)12(4)11-13/h12H,5-11,13H2,1-4H3. The quantitative estimate of drug-likeness (QED) is 0.640. The number of rotatable bonds is 10. The van der Waals surface area contributed by atoms with Gasteiger partial charge in [-0.3, -0.25) is 0 Å². The van der Waals surface area contributed by atoms with Gasteiger partial charge in [0.25, 0.3) is 0 Å². The van der Waals surface area contributed by atoms with Gasteiger partial charge in [0.15, 0.2) is 0 Å². The van der Waals surface area contributed by atoms with E-state index >= 15 is 0 Å². The Morgan fingerprint density at radius 1 is 1.06 bits per heavy atom. The summed E-state index contributed by atoms with van der Waals surface area (Å²) in [7, 11) is -3.22. The Kier molecular flexibility index (Phi) is 8.77. The summed E-state index contributed by atoms with van der Waals surface area (Å²) in [6.07, 6.45) is 0.867. The molecule has 1 unspecified atom stereocenters. The molecule has 0 fully saturated rings. The van der Waals surface area contributed by atoms with Crippen LogP contribution in [0.2, 0.25) is 0 Å². The summed E-state index contributed by atoms with van der Waals surface area (Å²) < 4.78 is 25.8. The van der Waals surface area contributed by atoms with E-state index in [-0.39, 0.29) is 6.54 Å². The fraction of sp³-hybridized carbons (Fsp3) is 1.00. The van der Waals surface area contributed by atoms with Crippen LogP contribution in [0.4, 0.5) is 0 Å². The second-order valence-corrected chi connectivity index (χ2v) is 6.81. The maximum atomic E-state index is 12.1.